The van der Waals surface area contributed by atoms with Crippen molar-refractivity contribution in [1.82, 2.24) is 0 Å². The van der Waals surface area contributed by atoms with Crippen LogP contribution in [0.5, 0.6) is 0 Å². The zero-order valence-corrected chi connectivity index (χ0v) is 26.2. The van der Waals surface area contributed by atoms with Crippen LogP contribution in [0.15, 0.2) is 156 Å². The molecule has 0 bridgehead atoms. The zero-order chi connectivity index (χ0) is 31.0. The molecule has 0 N–H and O–H groups in total. The van der Waals surface area contributed by atoms with E-state index in [2.05, 4.69) is 170 Å². The molecule has 0 aliphatic heterocycles. The predicted octanol–water partition coefficient (Wildman–Crippen LogP) is 12.7. The van der Waals surface area contributed by atoms with Crippen LogP contribution in [0.3, 0.4) is 0 Å². The van der Waals surface area contributed by atoms with E-state index in [4.69, 9.17) is 4.42 Å². The van der Waals surface area contributed by atoms with Crippen molar-refractivity contribution in [3.63, 3.8) is 0 Å². The van der Waals surface area contributed by atoms with Crippen LogP contribution in [0.1, 0.15) is 25.0 Å². The van der Waals surface area contributed by atoms with Crippen LogP contribution in [0.25, 0.3) is 55.0 Å². The number of fused-ring (bicyclic) bond motifs is 4. The molecule has 0 unspecified atom stereocenters. The van der Waals surface area contributed by atoms with Crippen LogP contribution in [0, 0.1) is 0 Å². The van der Waals surface area contributed by atoms with Gasteiger partial charge in [0.25, 0.3) is 0 Å². The van der Waals surface area contributed by atoms with E-state index in [-0.39, 0.29) is 0 Å². The number of para-hydroxylation sites is 1. The molecule has 0 aliphatic carbocycles. The molecule has 0 saturated heterocycles. The van der Waals surface area contributed by atoms with Gasteiger partial charge in [-0.2, -0.15) is 0 Å². The van der Waals surface area contributed by atoms with Gasteiger partial charge in [0.1, 0.15) is 11.2 Å². The van der Waals surface area contributed by atoms with Crippen molar-refractivity contribution in [3.05, 3.63) is 163 Å². The summed E-state index contributed by atoms with van der Waals surface area (Å²) >= 11 is 0. The summed E-state index contributed by atoms with van der Waals surface area (Å²) in [4.78, 5) is 2.33. The second kappa shape index (κ2) is 11.7. The molecule has 0 fully saturated rings. The van der Waals surface area contributed by atoms with Crippen molar-refractivity contribution in [2.45, 2.75) is 26.7 Å². The Morgan fingerprint density at radius 1 is 0.478 bits per heavy atom. The molecular formula is C44H35NO. The first-order valence-corrected chi connectivity index (χ1v) is 16.2. The van der Waals surface area contributed by atoms with Gasteiger partial charge in [-0.3, -0.25) is 0 Å². The molecule has 0 atom stereocenters. The van der Waals surface area contributed by atoms with Gasteiger partial charge < -0.3 is 9.32 Å². The Balaban J connectivity index is 1.26. The minimum absolute atomic E-state index is 0.905. The summed E-state index contributed by atoms with van der Waals surface area (Å²) in [6.45, 7) is 4.45. The molecule has 0 radical (unpaired) electrons. The summed E-state index contributed by atoms with van der Waals surface area (Å²) in [6, 6.07) is 54.6. The lowest BCUT2D eigenvalue weighted by molar-refractivity contribution is 0.669. The monoisotopic (exact) mass is 593 g/mol. The Morgan fingerprint density at radius 2 is 1.15 bits per heavy atom. The van der Waals surface area contributed by atoms with Crippen LogP contribution in [0.4, 0.5) is 17.1 Å². The lowest BCUT2D eigenvalue weighted by Gasteiger charge is -2.25. The third-order valence-electron chi connectivity index (χ3n) is 9.24. The normalized spacial score (nSPS) is 11.4. The Morgan fingerprint density at radius 3 is 1.96 bits per heavy atom. The smallest absolute Gasteiger partial charge is 0.143 e. The molecule has 2 heteroatoms. The standard InChI is InChI=1S/C44H35NO/c1-3-30-12-10-11-17-39(30)43-31(4-2)22-26-40-41-29-38(25-27-42(41)46-44(40)43)45(36-15-6-5-7-16-36)37-23-20-33(21-24-37)35-19-18-32-13-8-9-14-34(32)28-35/h5-29H,3-4H2,1-2H3. The first kappa shape index (κ1) is 27.9. The summed E-state index contributed by atoms with van der Waals surface area (Å²) in [5, 5.41) is 4.78. The minimum atomic E-state index is 0.905. The summed E-state index contributed by atoms with van der Waals surface area (Å²) < 4.78 is 6.70. The Kier molecular flexibility index (Phi) is 7.11. The van der Waals surface area contributed by atoms with Gasteiger partial charge in [-0.05, 0) is 100.0 Å². The molecule has 2 nitrogen and oxygen atoms in total. The fourth-order valence-corrected chi connectivity index (χ4v) is 6.87. The maximum atomic E-state index is 6.70. The fourth-order valence-electron chi connectivity index (χ4n) is 6.87. The van der Waals surface area contributed by atoms with Crippen LogP contribution < -0.4 is 4.90 Å². The van der Waals surface area contributed by atoms with E-state index in [9.17, 15) is 0 Å². The third-order valence-corrected chi connectivity index (χ3v) is 9.24. The summed E-state index contributed by atoms with van der Waals surface area (Å²) in [5.74, 6) is 0. The maximum absolute atomic E-state index is 6.70. The number of furan rings is 1. The average Bonchev–Trinajstić information content (AvgIpc) is 3.50. The highest BCUT2D eigenvalue weighted by Crippen LogP contribution is 2.43. The van der Waals surface area contributed by atoms with Crippen LogP contribution in [0.2, 0.25) is 0 Å². The van der Waals surface area contributed by atoms with E-state index in [1.807, 2.05) is 0 Å². The van der Waals surface area contributed by atoms with Crippen molar-refractivity contribution >= 4 is 49.8 Å². The molecule has 8 rings (SSSR count). The summed E-state index contributed by atoms with van der Waals surface area (Å²) in [6.07, 6.45) is 1.92. The Labute approximate surface area is 270 Å². The number of hydrogen-bond donors (Lipinski definition) is 0. The third kappa shape index (κ3) is 4.83. The molecule has 1 heterocycles. The van der Waals surface area contributed by atoms with E-state index in [1.54, 1.807) is 0 Å². The van der Waals surface area contributed by atoms with Crippen molar-refractivity contribution in [1.29, 1.82) is 0 Å². The van der Waals surface area contributed by atoms with Crippen LogP contribution >= 0.6 is 0 Å². The molecule has 7 aromatic carbocycles. The van der Waals surface area contributed by atoms with Crippen molar-refractivity contribution in [2.75, 3.05) is 4.90 Å². The quantitative estimate of drug-likeness (QED) is 0.183. The summed E-state index contributed by atoms with van der Waals surface area (Å²) in [5.41, 5.74) is 12.7. The number of benzene rings is 7. The second-order valence-corrected chi connectivity index (χ2v) is 11.9. The van der Waals surface area contributed by atoms with Crippen molar-refractivity contribution in [2.24, 2.45) is 0 Å². The molecule has 0 saturated carbocycles. The molecule has 0 spiro atoms. The lowest BCUT2D eigenvalue weighted by atomic mass is 9.91. The molecule has 0 amide bonds. The van der Waals surface area contributed by atoms with Crippen LogP contribution in [-0.2, 0) is 12.8 Å². The topological polar surface area (TPSA) is 16.4 Å². The van der Waals surface area contributed by atoms with E-state index < -0.39 is 0 Å². The van der Waals surface area contributed by atoms with E-state index >= 15 is 0 Å². The SMILES string of the molecule is CCc1ccccc1-c1c(CC)ccc2c1oc1ccc(N(c3ccccc3)c3ccc(-c4ccc5ccccc5c4)cc3)cc12. The first-order chi connectivity index (χ1) is 22.7. The van der Waals surface area contributed by atoms with Crippen LogP contribution in [-0.4, -0.2) is 0 Å². The number of aryl methyl sites for hydroxylation is 2. The molecule has 0 aliphatic rings. The molecule has 46 heavy (non-hydrogen) atoms. The second-order valence-electron chi connectivity index (χ2n) is 11.9. The summed E-state index contributed by atoms with van der Waals surface area (Å²) in [7, 11) is 0. The maximum Gasteiger partial charge on any atom is 0.143 e. The highest BCUT2D eigenvalue weighted by Gasteiger charge is 2.20. The van der Waals surface area contributed by atoms with Gasteiger partial charge in [-0.15, -0.1) is 0 Å². The van der Waals surface area contributed by atoms with E-state index in [0.29, 0.717) is 0 Å². The van der Waals surface area contributed by atoms with Crippen molar-refractivity contribution < 1.29 is 4.42 Å². The molecular weight excluding hydrogens is 558 g/mol. The van der Waals surface area contributed by atoms with Gasteiger partial charge in [0.15, 0.2) is 0 Å². The van der Waals surface area contributed by atoms with Gasteiger partial charge >= 0.3 is 0 Å². The number of nitrogens with zero attached hydrogens (tertiary/aromatic N) is 1. The lowest BCUT2D eigenvalue weighted by Crippen LogP contribution is -2.09. The zero-order valence-electron chi connectivity index (χ0n) is 26.2. The molecule has 222 valence electrons. The van der Waals surface area contributed by atoms with Gasteiger partial charge in [-0.25, -0.2) is 0 Å². The van der Waals surface area contributed by atoms with E-state index in [0.717, 1.165) is 51.8 Å². The molecule has 8 aromatic rings. The van der Waals surface area contributed by atoms with Gasteiger partial charge in [0, 0.05) is 33.4 Å². The van der Waals surface area contributed by atoms with Gasteiger partial charge in [-0.1, -0.05) is 117 Å². The number of hydrogen-bond acceptors (Lipinski definition) is 2. The highest BCUT2D eigenvalue weighted by molar-refractivity contribution is 6.11. The highest BCUT2D eigenvalue weighted by atomic mass is 16.3. The van der Waals surface area contributed by atoms with E-state index in [1.165, 1.54) is 44.2 Å². The van der Waals surface area contributed by atoms with Crippen molar-refractivity contribution in [3.8, 4) is 22.3 Å². The predicted molar refractivity (Wildman–Crippen MR) is 196 cm³/mol. The average molecular weight is 594 g/mol. The van der Waals surface area contributed by atoms with Gasteiger partial charge in [0.2, 0.25) is 0 Å². The number of rotatable bonds is 7. The van der Waals surface area contributed by atoms with Gasteiger partial charge in [0.05, 0.1) is 0 Å². The molecule has 1 aromatic heterocycles. The Hall–Kier alpha value is -5.60. The Bertz CT molecular complexity index is 2330. The number of anilines is 3. The fraction of sp³-hybridized carbons (Fsp3) is 0.0909. The first-order valence-electron chi connectivity index (χ1n) is 16.2. The largest absolute Gasteiger partial charge is 0.455 e. The minimum Gasteiger partial charge on any atom is -0.455 e.